The predicted molar refractivity (Wildman–Crippen MR) is 254 cm³/mol. The van der Waals surface area contributed by atoms with Crippen molar-refractivity contribution >= 4 is 22.8 Å². The Morgan fingerprint density at radius 3 is 1.69 bits per heavy atom. The average molecular weight is 893 g/mol. The first-order chi connectivity index (χ1) is 27.9. The number of carbonyl (C=O) groups is 1. The Labute approximate surface area is 379 Å². The van der Waals surface area contributed by atoms with Crippen LogP contribution >= 0.6 is 0 Å². The molecule has 1 heterocycles. The van der Waals surface area contributed by atoms with Crippen molar-refractivity contribution in [3.63, 3.8) is 0 Å². The van der Waals surface area contributed by atoms with E-state index in [1.807, 2.05) is 19.9 Å². The molecule has 350 valence electrons. The Kier molecular flexibility index (Phi) is 10.4. The van der Waals surface area contributed by atoms with Crippen molar-refractivity contribution in [1.82, 2.24) is 0 Å². The molecule has 9 rings (SSSR count). The molecule has 2 N–H and O–H groups in total. The zero-order valence-corrected chi connectivity index (χ0v) is 44.8. The standard InChI is InChI=1S/C27H44O5Si.C26H44O2Si/c1-15-20(32-33(9,10)23(2,3)4)19-18-16(24(18,5)6)11-12-26(19,8)17-13-25(7,29)14-27(17)21(15)30-22(28)31-27;1-16-13-17-14-25(7,27)15-19(17)26(8)12-11-18-20(24(18,5)6)21(26)22(16)28-29(9,10)23(2,3)4/h13,15-16,18-21,29H,11-12,14H2,1-10H3;13,15-16,18,20-22,27H,11-12,14H2,1-10H3/t15-,16+,18+,19+,20+,21+,25+,26+,27-;16-,18-,20-,21-,22-,25+,26-/m01/s1. The van der Waals surface area contributed by atoms with E-state index in [0.29, 0.717) is 41.4 Å². The summed E-state index contributed by atoms with van der Waals surface area (Å²) in [4.78, 5) is 12.6. The molecule has 7 nitrogen and oxygen atoms in total. The number of hydrogen-bond acceptors (Lipinski definition) is 7. The number of rotatable bonds is 4. The molecule has 62 heavy (non-hydrogen) atoms. The first-order valence-electron chi connectivity index (χ1n) is 24.8. The van der Waals surface area contributed by atoms with Crippen LogP contribution in [0.4, 0.5) is 4.79 Å². The van der Waals surface area contributed by atoms with Gasteiger partial charge in [0.25, 0.3) is 0 Å². The molecule has 1 spiro atoms. The number of aliphatic hydroxyl groups is 2. The van der Waals surface area contributed by atoms with E-state index in [0.717, 1.165) is 30.3 Å². The third kappa shape index (κ3) is 6.88. The van der Waals surface area contributed by atoms with Gasteiger partial charge in [-0.3, -0.25) is 0 Å². The van der Waals surface area contributed by atoms with Crippen LogP contribution in [-0.4, -0.2) is 68.1 Å². The molecule has 0 aromatic heterocycles. The minimum atomic E-state index is -2.10. The summed E-state index contributed by atoms with van der Waals surface area (Å²) in [7, 11) is -3.99. The Morgan fingerprint density at radius 1 is 0.694 bits per heavy atom. The van der Waals surface area contributed by atoms with Gasteiger partial charge in [-0.05, 0) is 168 Å². The maximum absolute atomic E-state index is 12.6. The van der Waals surface area contributed by atoms with Crippen LogP contribution in [0.1, 0.15) is 149 Å². The van der Waals surface area contributed by atoms with E-state index < -0.39 is 45.7 Å². The Balaban J connectivity index is 0.000000172. The Hall–Kier alpha value is -1.24. The molecule has 0 radical (unpaired) electrons. The average Bonchev–Trinajstić information content (AvgIpc) is 3.60. The molecule has 0 aromatic rings. The number of carbonyl (C=O) groups excluding carboxylic acids is 1. The molecule has 0 bridgehead atoms. The summed E-state index contributed by atoms with van der Waals surface area (Å²) in [6.45, 7) is 46.5. The molecule has 9 heteroatoms. The van der Waals surface area contributed by atoms with Crippen LogP contribution in [0.2, 0.25) is 36.3 Å². The molecule has 8 aliphatic carbocycles. The monoisotopic (exact) mass is 893 g/mol. The number of ether oxygens (including phenoxy) is 2. The van der Waals surface area contributed by atoms with Crippen LogP contribution in [0.5, 0.6) is 0 Å². The molecule has 9 aliphatic rings. The van der Waals surface area contributed by atoms with Crippen molar-refractivity contribution in [3.8, 4) is 0 Å². The number of fused-ring (bicyclic) bond motifs is 9. The highest BCUT2D eigenvalue weighted by molar-refractivity contribution is 6.74. The smallest absolute Gasteiger partial charge is 0.426 e. The molecular formula is C53H88O7Si2. The number of hydrogen-bond donors (Lipinski definition) is 2. The third-order valence-electron chi connectivity index (χ3n) is 20.7. The lowest BCUT2D eigenvalue weighted by Crippen LogP contribution is -2.53. The molecule has 6 fully saturated rings. The van der Waals surface area contributed by atoms with Crippen molar-refractivity contribution in [1.29, 1.82) is 0 Å². The molecule has 0 unspecified atom stereocenters. The van der Waals surface area contributed by atoms with Gasteiger partial charge in [0.05, 0.1) is 23.4 Å². The van der Waals surface area contributed by atoms with Gasteiger partial charge in [0.1, 0.15) is 0 Å². The van der Waals surface area contributed by atoms with Gasteiger partial charge in [-0.15, -0.1) is 0 Å². The van der Waals surface area contributed by atoms with Gasteiger partial charge in [0.15, 0.2) is 28.3 Å². The summed E-state index contributed by atoms with van der Waals surface area (Å²) in [5.74, 6) is 4.04. The van der Waals surface area contributed by atoms with Gasteiger partial charge in [-0.1, -0.05) is 103 Å². The highest BCUT2D eigenvalue weighted by Crippen LogP contribution is 2.77. The summed E-state index contributed by atoms with van der Waals surface area (Å²) < 4.78 is 26.7. The van der Waals surface area contributed by atoms with Crippen LogP contribution in [0.15, 0.2) is 34.9 Å². The summed E-state index contributed by atoms with van der Waals surface area (Å²) in [5.41, 5.74) is 1.93. The van der Waals surface area contributed by atoms with Crippen molar-refractivity contribution in [3.05, 3.63) is 34.9 Å². The summed E-state index contributed by atoms with van der Waals surface area (Å²) in [5, 5.41) is 22.4. The van der Waals surface area contributed by atoms with E-state index in [1.165, 1.54) is 30.4 Å². The van der Waals surface area contributed by atoms with Crippen molar-refractivity contribution in [2.75, 3.05) is 0 Å². The van der Waals surface area contributed by atoms with E-state index in [4.69, 9.17) is 18.3 Å². The number of allylic oxidation sites excluding steroid dienone is 1. The first-order valence-corrected chi connectivity index (χ1v) is 30.6. The maximum Gasteiger partial charge on any atom is 0.509 e. The minimum absolute atomic E-state index is 0.0155. The third-order valence-corrected chi connectivity index (χ3v) is 29.6. The van der Waals surface area contributed by atoms with Crippen LogP contribution < -0.4 is 0 Å². The van der Waals surface area contributed by atoms with Gasteiger partial charge >= 0.3 is 6.16 Å². The minimum Gasteiger partial charge on any atom is -0.426 e. The van der Waals surface area contributed by atoms with E-state index >= 15 is 0 Å². The SMILES string of the molecule is C[C@@H]1C=C2C[C@](C)(O)C=C2[C@@]2(C)CC[C@@H]3[C@H]([C@@H]2[C@@H]1O[Si](C)(C)C(C)(C)C)C3(C)C.C[C@H]1[C@@H](O[Si](C)(C)C(C)(C)C)[C@H]2[C@H]3[C@@H](CC[C@]2(C)C2=C[C@@](C)(O)C[C@]24OC(=O)O[C@H]14)C3(C)C. The zero-order chi connectivity index (χ0) is 46.4. The zero-order valence-electron chi connectivity index (χ0n) is 42.8. The Morgan fingerprint density at radius 2 is 1.18 bits per heavy atom. The van der Waals surface area contributed by atoms with Crippen LogP contribution in [0, 0.1) is 69.0 Å². The lowest BCUT2D eigenvalue weighted by atomic mass is 9.60. The van der Waals surface area contributed by atoms with Crippen molar-refractivity contribution < 1.29 is 33.3 Å². The van der Waals surface area contributed by atoms with E-state index in [2.05, 4.69) is 135 Å². The first kappa shape index (κ1) is 47.3. The summed E-state index contributed by atoms with van der Waals surface area (Å²) in [6, 6.07) is 0. The maximum atomic E-state index is 12.6. The van der Waals surface area contributed by atoms with E-state index in [9.17, 15) is 15.0 Å². The summed E-state index contributed by atoms with van der Waals surface area (Å²) in [6.07, 6.45) is 11.8. The normalized spacial score (nSPS) is 48.3. The Bertz CT molecular complexity index is 1960. The molecule has 0 amide bonds. The highest BCUT2D eigenvalue weighted by Gasteiger charge is 2.76. The topological polar surface area (TPSA) is 94.5 Å². The fraction of sp³-hybridized carbons (Fsp3) is 0.868. The van der Waals surface area contributed by atoms with Crippen LogP contribution in [0.3, 0.4) is 0 Å². The van der Waals surface area contributed by atoms with E-state index in [1.54, 1.807) is 0 Å². The van der Waals surface area contributed by atoms with Gasteiger partial charge in [0, 0.05) is 18.8 Å². The molecular weight excluding hydrogens is 805 g/mol. The van der Waals surface area contributed by atoms with Gasteiger partial charge < -0.3 is 28.5 Å². The van der Waals surface area contributed by atoms with Crippen molar-refractivity contribution in [2.45, 2.75) is 221 Å². The predicted octanol–water partition coefficient (Wildman–Crippen LogP) is 12.8. The van der Waals surface area contributed by atoms with Gasteiger partial charge in [0.2, 0.25) is 0 Å². The van der Waals surface area contributed by atoms with Crippen molar-refractivity contribution in [2.24, 2.45) is 69.0 Å². The van der Waals surface area contributed by atoms with Gasteiger partial charge in [-0.2, -0.15) is 0 Å². The second-order valence-corrected chi connectivity index (χ2v) is 37.4. The molecule has 0 aromatic carbocycles. The second-order valence-electron chi connectivity index (χ2n) is 27.9. The summed E-state index contributed by atoms with van der Waals surface area (Å²) >= 11 is 0. The van der Waals surface area contributed by atoms with Gasteiger partial charge in [-0.25, -0.2) is 4.79 Å². The van der Waals surface area contributed by atoms with E-state index in [-0.39, 0.29) is 44.4 Å². The molecule has 1 aliphatic heterocycles. The quantitative estimate of drug-likeness (QED) is 0.165. The highest BCUT2D eigenvalue weighted by atomic mass is 28.4. The molecule has 16 atom stereocenters. The van der Waals surface area contributed by atoms with Crippen LogP contribution in [-0.2, 0) is 18.3 Å². The molecule has 5 saturated carbocycles. The van der Waals surface area contributed by atoms with Crippen LogP contribution in [0.25, 0.3) is 0 Å². The largest absolute Gasteiger partial charge is 0.509 e. The lowest BCUT2D eigenvalue weighted by Gasteiger charge is -2.50. The lowest BCUT2D eigenvalue weighted by molar-refractivity contribution is -0.0451. The second kappa shape index (κ2) is 13.7. The fourth-order valence-corrected chi connectivity index (χ4v) is 18.0. The molecule has 1 saturated heterocycles. The fourth-order valence-electron chi connectivity index (χ4n) is 15.2.